The minimum absolute atomic E-state index is 0.155. The summed E-state index contributed by atoms with van der Waals surface area (Å²) in [4.78, 5) is 25.5. The minimum atomic E-state index is -0.196. The molecule has 2 rings (SSSR count). The molecule has 0 saturated carbocycles. The van der Waals surface area contributed by atoms with Gasteiger partial charge in [-0.25, -0.2) is 0 Å². The highest BCUT2D eigenvalue weighted by molar-refractivity contribution is 5.80. The van der Waals surface area contributed by atoms with E-state index in [-0.39, 0.29) is 23.7 Å². The molecular formula is C14H21NO3. The Labute approximate surface area is 108 Å². The van der Waals surface area contributed by atoms with Gasteiger partial charge in [-0.1, -0.05) is 19.1 Å². The zero-order chi connectivity index (χ0) is 13.1. The van der Waals surface area contributed by atoms with Gasteiger partial charge >= 0.3 is 5.97 Å². The van der Waals surface area contributed by atoms with Crippen molar-refractivity contribution >= 4 is 11.9 Å². The number of carbonyl (C=O) groups excluding carboxylic acids is 2. The number of likely N-dealkylation sites (tertiary alicyclic amines) is 1. The standard InChI is InChI=1S/C14H21NO3/c1-10-8-15(9-12(10)14(17)18-2)13(16)7-11-5-3-4-6-11/h3,5,10-12H,4,6-9H2,1-2H3. The van der Waals surface area contributed by atoms with Crippen LogP contribution in [0.3, 0.4) is 0 Å². The maximum absolute atomic E-state index is 12.1. The molecule has 3 atom stereocenters. The Morgan fingerprint density at radius 2 is 2.17 bits per heavy atom. The monoisotopic (exact) mass is 251 g/mol. The number of rotatable bonds is 3. The van der Waals surface area contributed by atoms with Crippen molar-refractivity contribution in [3.05, 3.63) is 12.2 Å². The normalized spacial score (nSPS) is 30.8. The molecule has 4 nitrogen and oxygen atoms in total. The fraction of sp³-hybridized carbons (Fsp3) is 0.714. The van der Waals surface area contributed by atoms with Crippen molar-refractivity contribution in [2.24, 2.45) is 17.8 Å². The van der Waals surface area contributed by atoms with Gasteiger partial charge in [-0.15, -0.1) is 0 Å². The number of hydrogen-bond acceptors (Lipinski definition) is 3. The van der Waals surface area contributed by atoms with Crippen molar-refractivity contribution < 1.29 is 14.3 Å². The van der Waals surface area contributed by atoms with Crippen LogP contribution in [-0.2, 0) is 14.3 Å². The molecule has 0 aromatic heterocycles. The van der Waals surface area contributed by atoms with Crippen molar-refractivity contribution in [1.29, 1.82) is 0 Å². The third kappa shape index (κ3) is 2.74. The van der Waals surface area contributed by atoms with Gasteiger partial charge < -0.3 is 9.64 Å². The molecule has 0 aromatic rings. The van der Waals surface area contributed by atoms with Gasteiger partial charge in [-0.05, 0) is 24.7 Å². The molecule has 1 aliphatic carbocycles. The van der Waals surface area contributed by atoms with Crippen LogP contribution >= 0.6 is 0 Å². The average Bonchev–Trinajstić information content (AvgIpc) is 2.97. The van der Waals surface area contributed by atoms with E-state index in [0.717, 1.165) is 12.8 Å². The van der Waals surface area contributed by atoms with Crippen LogP contribution in [0.2, 0.25) is 0 Å². The van der Waals surface area contributed by atoms with E-state index in [1.165, 1.54) is 7.11 Å². The summed E-state index contributed by atoms with van der Waals surface area (Å²) < 4.78 is 4.78. The van der Waals surface area contributed by atoms with E-state index in [1.807, 2.05) is 11.8 Å². The lowest BCUT2D eigenvalue weighted by Gasteiger charge is -2.18. The van der Waals surface area contributed by atoms with Crippen LogP contribution in [0, 0.1) is 17.8 Å². The minimum Gasteiger partial charge on any atom is -0.469 e. The fourth-order valence-corrected chi connectivity index (χ4v) is 2.85. The van der Waals surface area contributed by atoms with E-state index in [4.69, 9.17) is 4.74 Å². The molecule has 3 unspecified atom stereocenters. The molecule has 0 spiro atoms. The first-order valence-corrected chi connectivity index (χ1v) is 6.64. The summed E-state index contributed by atoms with van der Waals surface area (Å²) >= 11 is 0. The predicted molar refractivity (Wildman–Crippen MR) is 67.7 cm³/mol. The first-order valence-electron chi connectivity index (χ1n) is 6.64. The molecule has 0 radical (unpaired) electrons. The molecule has 1 heterocycles. The Morgan fingerprint density at radius 3 is 2.78 bits per heavy atom. The summed E-state index contributed by atoms with van der Waals surface area (Å²) in [7, 11) is 1.41. The van der Waals surface area contributed by atoms with E-state index in [9.17, 15) is 9.59 Å². The first kappa shape index (κ1) is 13.1. The Bertz CT molecular complexity index is 364. The topological polar surface area (TPSA) is 46.6 Å². The summed E-state index contributed by atoms with van der Waals surface area (Å²) in [6.45, 7) is 3.20. The van der Waals surface area contributed by atoms with Crippen molar-refractivity contribution in [3.8, 4) is 0 Å². The van der Waals surface area contributed by atoms with Gasteiger partial charge in [0.1, 0.15) is 0 Å². The molecule has 18 heavy (non-hydrogen) atoms. The van der Waals surface area contributed by atoms with Crippen molar-refractivity contribution in [2.45, 2.75) is 26.2 Å². The Hall–Kier alpha value is -1.32. The van der Waals surface area contributed by atoms with Crippen LogP contribution in [0.4, 0.5) is 0 Å². The number of nitrogens with zero attached hydrogens (tertiary/aromatic N) is 1. The SMILES string of the molecule is COC(=O)C1CN(C(=O)CC2C=CCC2)CC1C. The second-order valence-electron chi connectivity index (χ2n) is 5.38. The maximum Gasteiger partial charge on any atom is 0.310 e. The molecule has 0 N–H and O–H groups in total. The number of allylic oxidation sites excluding steroid dienone is 2. The quantitative estimate of drug-likeness (QED) is 0.565. The average molecular weight is 251 g/mol. The molecule has 0 aromatic carbocycles. The van der Waals surface area contributed by atoms with E-state index >= 15 is 0 Å². The molecule has 4 heteroatoms. The molecular weight excluding hydrogens is 230 g/mol. The third-order valence-corrected chi connectivity index (χ3v) is 4.02. The number of esters is 1. The van der Waals surface area contributed by atoms with Crippen molar-refractivity contribution in [2.75, 3.05) is 20.2 Å². The zero-order valence-electron chi connectivity index (χ0n) is 11.1. The summed E-state index contributed by atoms with van der Waals surface area (Å²) in [5.74, 6) is 0.409. The van der Waals surface area contributed by atoms with E-state index in [2.05, 4.69) is 12.2 Å². The second kappa shape index (κ2) is 5.55. The highest BCUT2D eigenvalue weighted by Gasteiger charge is 2.37. The number of methoxy groups -OCH3 is 1. The molecule has 1 fully saturated rings. The molecule has 2 aliphatic rings. The summed E-state index contributed by atoms with van der Waals surface area (Å²) in [6.07, 6.45) is 7.02. The Kier molecular flexibility index (Phi) is 4.04. The highest BCUT2D eigenvalue weighted by atomic mass is 16.5. The van der Waals surface area contributed by atoms with Gasteiger partial charge in [0.2, 0.25) is 5.91 Å². The van der Waals surface area contributed by atoms with E-state index in [0.29, 0.717) is 25.4 Å². The lowest BCUT2D eigenvalue weighted by Crippen LogP contribution is -2.31. The van der Waals surface area contributed by atoms with Gasteiger partial charge in [0.15, 0.2) is 0 Å². The van der Waals surface area contributed by atoms with Crippen LogP contribution < -0.4 is 0 Å². The van der Waals surface area contributed by atoms with Gasteiger partial charge in [0, 0.05) is 19.5 Å². The predicted octanol–water partition coefficient (Wildman–Crippen LogP) is 1.61. The lowest BCUT2D eigenvalue weighted by atomic mass is 9.99. The number of carbonyl (C=O) groups is 2. The molecule has 1 amide bonds. The number of amides is 1. The Balaban J connectivity index is 1.88. The van der Waals surface area contributed by atoms with Gasteiger partial charge in [-0.2, -0.15) is 0 Å². The fourth-order valence-electron chi connectivity index (χ4n) is 2.85. The smallest absolute Gasteiger partial charge is 0.310 e. The Morgan fingerprint density at radius 1 is 1.39 bits per heavy atom. The van der Waals surface area contributed by atoms with Crippen LogP contribution in [0.5, 0.6) is 0 Å². The molecule has 1 saturated heterocycles. The first-order chi connectivity index (χ1) is 8.61. The molecule has 1 aliphatic heterocycles. The van der Waals surface area contributed by atoms with Crippen molar-refractivity contribution in [1.82, 2.24) is 4.90 Å². The van der Waals surface area contributed by atoms with Gasteiger partial charge in [-0.3, -0.25) is 9.59 Å². The largest absolute Gasteiger partial charge is 0.469 e. The van der Waals surface area contributed by atoms with Gasteiger partial charge in [0.05, 0.1) is 13.0 Å². The van der Waals surface area contributed by atoms with Crippen LogP contribution in [-0.4, -0.2) is 37.0 Å². The number of hydrogen-bond donors (Lipinski definition) is 0. The third-order valence-electron chi connectivity index (χ3n) is 4.02. The van der Waals surface area contributed by atoms with Gasteiger partial charge in [0.25, 0.3) is 0 Å². The molecule has 100 valence electrons. The maximum atomic E-state index is 12.1. The zero-order valence-corrected chi connectivity index (χ0v) is 11.1. The second-order valence-corrected chi connectivity index (χ2v) is 5.38. The summed E-state index contributed by atoms with van der Waals surface area (Å²) in [5.41, 5.74) is 0. The van der Waals surface area contributed by atoms with Crippen molar-refractivity contribution in [3.63, 3.8) is 0 Å². The summed E-state index contributed by atoms with van der Waals surface area (Å²) in [5, 5.41) is 0. The number of ether oxygens (including phenoxy) is 1. The lowest BCUT2D eigenvalue weighted by molar-refractivity contribution is -0.146. The van der Waals surface area contributed by atoms with Crippen LogP contribution in [0.15, 0.2) is 12.2 Å². The van der Waals surface area contributed by atoms with Crippen LogP contribution in [0.25, 0.3) is 0 Å². The summed E-state index contributed by atoms with van der Waals surface area (Å²) in [6, 6.07) is 0. The van der Waals surface area contributed by atoms with E-state index < -0.39 is 0 Å². The van der Waals surface area contributed by atoms with Crippen LogP contribution in [0.1, 0.15) is 26.2 Å². The molecule has 0 bridgehead atoms. The highest BCUT2D eigenvalue weighted by Crippen LogP contribution is 2.27. The van der Waals surface area contributed by atoms with E-state index in [1.54, 1.807) is 0 Å².